The van der Waals surface area contributed by atoms with Crippen LogP contribution in [0.2, 0.25) is 0 Å². The molecule has 0 aromatic carbocycles. The van der Waals surface area contributed by atoms with Gasteiger partial charge in [-0.2, -0.15) is 0 Å². The molecule has 1 heterocycles. The first-order valence-electron chi connectivity index (χ1n) is 6.02. The van der Waals surface area contributed by atoms with Crippen molar-refractivity contribution >= 4 is 15.8 Å². The molecule has 5 nitrogen and oxygen atoms in total. The first kappa shape index (κ1) is 14.6. The molecule has 6 heteroatoms. The van der Waals surface area contributed by atoms with Gasteiger partial charge in [-0.3, -0.25) is 4.79 Å². The van der Waals surface area contributed by atoms with Gasteiger partial charge in [0.15, 0.2) is 5.78 Å². The lowest BCUT2D eigenvalue weighted by molar-refractivity contribution is -0.122. The van der Waals surface area contributed by atoms with Crippen molar-refractivity contribution in [2.24, 2.45) is 11.8 Å². The maximum absolute atomic E-state index is 11.9. The zero-order chi connectivity index (χ0) is 13.1. The van der Waals surface area contributed by atoms with Gasteiger partial charge in [0.25, 0.3) is 0 Å². The predicted octanol–water partition coefficient (Wildman–Crippen LogP) is 0.0826. The van der Waals surface area contributed by atoms with Gasteiger partial charge < -0.3 is 5.32 Å². The molecule has 0 radical (unpaired) electrons. The molecule has 1 rings (SSSR count). The third-order valence-corrected chi connectivity index (χ3v) is 4.54. The molecule has 0 spiro atoms. The fourth-order valence-corrected chi connectivity index (χ4v) is 3.33. The molecular weight excluding hydrogens is 240 g/mol. The van der Waals surface area contributed by atoms with Crippen molar-refractivity contribution in [3.63, 3.8) is 0 Å². The van der Waals surface area contributed by atoms with Crippen LogP contribution in [0.3, 0.4) is 0 Å². The van der Waals surface area contributed by atoms with E-state index in [2.05, 4.69) is 12.2 Å². The van der Waals surface area contributed by atoms with Gasteiger partial charge in [0.2, 0.25) is 10.0 Å². The molecule has 0 amide bonds. The summed E-state index contributed by atoms with van der Waals surface area (Å²) in [6.07, 6.45) is 3.10. The molecule has 1 aliphatic heterocycles. The van der Waals surface area contributed by atoms with Crippen LogP contribution < -0.4 is 5.32 Å². The minimum Gasteiger partial charge on any atom is -0.313 e. The van der Waals surface area contributed by atoms with Crippen molar-refractivity contribution in [1.82, 2.24) is 9.62 Å². The van der Waals surface area contributed by atoms with Gasteiger partial charge in [-0.05, 0) is 19.4 Å². The summed E-state index contributed by atoms with van der Waals surface area (Å²) >= 11 is 0. The average molecular weight is 262 g/mol. The zero-order valence-electron chi connectivity index (χ0n) is 10.8. The second kappa shape index (κ2) is 5.93. The molecule has 1 aliphatic rings. The number of likely N-dealkylation sites (N-methyl/N-ethyl adjacent to an activating group) is 1. The Hall–Kier alpha value is -0.460. The number of carbonyl (C=O) groups excluding carboxylic acids is 1. The lowest BCUT2D eigenvalue weighted by atomic mass is 9.88. The summed E-state index contributed by atoms with van der Waals surface area (Å²) < 4.78 is 24.5. The third-order valence-electron chi connectivity index (χ3n) is 3.30. The summed E-state index contributed by atoms with van der Waals surface area (Å²) in [6, 6.07) is 0. The molecular formula is C11H22N2O3S. The Morgan fingerprint density at radius 2 is 2.06 bits per heavy atom. The summed E-state index contributed by atoms with van der Waals surface area (Å²) in [7, 11) is -1.44. The summed E-state index contributed by atoms with van der Waals surface area (Å²) in [5.74, 6) is 0.157. The average Bonchev–Trinajstić information content (AvgIpc) is 2.62. The normalized spacial score (nSPS) is 26.3. The molecule has 1 fully saturated rings. The highest BCUT2D eigenvalue weighted by atomic mass is 32.2. The third kappa shape index (κ3) is 3.76. The van der Waals surface area contributed by atoms with E-state index in [0.29, 0.717) is 19.6 Å². The van der Waals surface area contributed by atoms with E-state index in [1.807, 2.05) is 0 Å². The van der Waals surface area contributed by atoms with Crippen molar-refractivity contribution in [3.05, 3.63) is 0 Å². The molecule has 1 saturated heterocycles. The van der Waals surface area contributed by atoms with Gasteiger partial charge in [-0.1, -0.05) is 13.3 Å². The Morgan fingerprint density at radius 3 is 2.53 bits per heavy atom. The SMILES string of the molecule is CCC[C@H]1CN(S(C)(=O)=O)CC1C(=O)CNC. The molecule has 17 heavy (non-hydrogen) atoms. The van der Waals surface area contributed by atoms with Crippen LogP contribution in [0.4, 0.5) is 0 Å². The molecule has 2 atom stereocenters. The fraction of sp³-hybridized carbons (Fsp3) is 0.909. The van der Waals surface area contributed by atoms with E-state index in [9.17, 15) is 13.2 Å². The van der Waals surface area contributed by atoms with Gasteiger partial charge in [-0.15, -0.1) is 0 Å². The number of Topliss-reactive ketones (excluding diaryl/α,β-unsaturated/α-hetero) is 1. The van der Waals surface area contributed by atoms with Crippen LogP contribution in [0.25, 0.3) is 0 Å². The van der Waals surface area contributed by atoms with E-state index in [-0.39, 0.29) is 17.6 Å². The minimum atomic E-state index is -3.17. The number of rotatable bonds is 6. The monoisotopic (exact) mass is 262 g/mol. The molecule has 0 aliphatic carbocycles. The molecule has 1 N–H and O–H groups in total. The topological polar surface area (TPSA) is 66.5 Å². The maximum atomic E-state index is 11.9. The van der Waals surface area contributed by atoms with Crippen LogP contribution in [0.1, 0.15) is 19.8 Å². The summed E-state index contributed by atoms with van der Waals surface area (Å²) in [5.41, 5.74) is 0. The summed E-state index contributed by atoms with van der Waals surface area (Å²) in [5, 5.41) is 2.84. The number of nitrogens with zero attached hydrogens (tertiary/aromatic N) is 1. The number of sulfonamides is 1. The number of ketones is 1. The van der Waals surface area contributed by atoms with Crippen LogP contribution in [0.5, 0.6) is 0 Å². The fourth-order valence-electron chi connectivity index (χ4n) is 2.44. The van der Waals surface area contributed by atoms with E-state index in [1.54, 1.807) is 7.05 Å². The highest BCUT2D eigenvalue weighted by Gasteiger charge is 2.39. The van der Waals surface area contributed by atoms with Gasteiger partial charge in [0.05, 0.1) is 12.8 Å². The van der Waals surface area contributed by atoms with Crippen LogP contribution in [0.15, 0.2) is 0 Å². The Morgan fingerprint density at radius 1 is 1.41 bits per heavy atom. The lowest BCUT2D eigenvalue weighted by Crippen LogP contribution is -2.32. The molecule has 0 bridgehead atoms. The lowest BCUT2D eigenvalue weighted by Gasteiger charge is -2.15. The van der Waals surface area contributed by atoms with E-state index in [1.165, 1.54) is 10.6 Å². The second-order valence-electron chi connectivity index (χ2n) is 4.73. The second-order valence-corrected chi connectivity index (χ2v) is 6.71. The van der Waals surface area contributed by atoms with Crippen LogP contribution in [-0.2, 0) is 14.8 Å². The molecule has 0 aromatic heterocycles. The largest absolute Gasteiger partial charge is 0.313 e. The quantitative estimate of drug-likeness (QED) is 0.736. The Labute approximate surface area is 104 Å². The number of nitrogens with one attached hydrogen (secondary N) is 1. The summed E-state index contributed by atoms with van der Waals surface area (Å²) in [6.45, 7) is 3.22. The molecule has 1 unspecified atom stereocenters. The van der Waals surface area contributed by atoms with Crippen molar-refractivity contribution in [2.45, 2.75) is 19.8 Å². The van der Waals surface area contributed by atoms with Crippen molar-refractivity contribution in [1.29, 1.82) is 0 Å². The van der Waals surface area contributed by atoms with Gasteiger partial charge in [0, 0.05) is 19.0 Å². The van der Waals surface area contributed by atoms with E-state index in [4.69, 9.17) is 0 Å². The Bertz CT molecular complexity index is 367. The van der Waals surface area contributed by atoms with Gasteiger partial charge in [-0.25, -0.2) is 12.7 Å². The number of hydrogen-bond acceptors (Lipinski definition) is 4. The van der Waals surface area contributed by atoms with Gasteiger partial charge in [0.1, 0.15) is 0 Å². The molecule has 0 aromatic rings. The highest BCUT2D eigenvalue weighted by Crippen LogP contribution is 2.29. The van der Waals surface area contributed by atoms with Crippen molar-refractivity contribution in [2.75, 3.05) is 32.9 Å². The number of hydrogen-bond donors (Lipinski definition) is 1. The maximum Gasteiger partial charge on any atom is 0.211 e. The zero-order valence-corrected chi connectivity index (χ0v) is 11.6. The van der Waals surface area contributed by atoms with Gasteiger partial charge >= 0.3 is 0 Å². The first-order chi connectivity index (χ1) is 7.90. The molecule has 100 valence electrons. The number of carbonyl (C=O) groups is 1. The van der Waals surface area contributed by atoms with Crippen LogP contribution >= 0.6 is 0 Å². The van der Waals surface area contributed by atoms with Crippen LogP contribution in [-0.4, -0.2) is 51.4 Å². The van der Waals surface area contributed by atoms with Crippen LogP contribution in [0, 0.1) is 11.8 Å². The standard InChI is InChI=1S/C11H22N2O3S/c1-4-5-9-7-13(17(3,15)16)8-10(9)11(14)6-12-2/h9-10,12H,4-8H2,1-3H3/t9-,10?/m0/s1. The Balaban J connectivity index is 2.77. The first-order valence-corrected chi connectivity index (χ1v) is 7.87. The highest BCUT2D eigenvalue weighted by molar-refractivity contribution is 7.88. The predicted molar refractivity (Wildman–Crippen MR) is 67.2 cm³/mol. The summed E-state index contributed by atoms with van der Waals surface area (Å²) in [4.78, 5) is 11.9. The smallest absolute Gasteiger partial charge is 0.211 e. The minimum absolute atomic E-state index is 0.122. The van der Waals surface area contributed by atoms with Crippen molar-refractivity contribution < 1.29 is 13.2 Å². The van der Waals surface area contributed by atoms with Crippen molar-refractivity contribution in [3.8, 4) is 0 Å². The van der Waals surface area contributed by atoms with E-state index < -0.39 is 10.0 Å². The molecule has 0 saturated carbocycles. The van der Waals surface area contributed by atoms with E-state index in [0.717, 1.165) is 12.8 Å². The van der Waals surface area contributed by atoms with E-state index >= 15 is 0 Å². The Kier molecular flexibility index (Phi) is 5.09.